The molecular weight excluding hydrogens is 322 g/mol. The number of hydrogen-bond acceptors (Lipinski definition) is 5. The minimum Gasteiger partial charge on any atom is -0.462 e. The zero-order valence-electron chi connectivity index (χ0n) is 14.2. The number of amides is 1. The molecule has 0 spiro atoms. The number of anilines is 1. The van der Waals surface area contributed by atoms with Gasteiger partial charge >= 0.3 is 11.9 Å². The van der Waals surface area contributed by atoms with Gasteiger partial charge in [-0.15, -0.1) is 0 Å². The predicted molar refractivity (Wildman–Crippen MR) is 88.7 cm³/mol. The maximum Gasteiger partial charge on any atom is 0.338 e. The zero-order valence-corrected chi connectivity index (χ0v) is 14.2. The van der Waals surface area contributed by atoms with Crippen LogP contribution in [0.1, 0.15) is 37.0 Å². The largest absolute Gasteiger partial charge is 0.462 e. The minimum absolute atomic E-state index is 0.0257. The van der Waals surface area contributed by atoms with Crippen molar-refractivity contribution in [2.45, 2.75) is 38.9 Å². The van der Waals surface area contributed by atoms with Crippen LogP contribution in [0.25, 0.3) is 0 Å². The van der Waals surface area contributed by atoms with E-state index >= 15 is 0 Å². The predicted octanol–water partition coefficient (Wildman–Crippen LogP) is 2.39. The Morgan fingerprint density at radius 2 is 1.92 bits per heavy atom. The average Bonchev–Trinajstić information content (AvgIpc) is 3.16. The van der Waals surface area contributed by atoms with Crippen molar-refractivity contribution in [2.24, 2.45) is 23.7 Å². The summed E-state index contributed by atoms with van der Waals surface area (Å²) in [5, 5.41) is 2.88. The maximum absolute atomic E-state index is 12.7. The molecule has 25 heavy (non-hydrogen) atoms. The molecule has 1 aliphatic heterocycles. The molecule has 1 saturated heterocycles. The molecule has 3 aliphatic rings. The van der Waals surface area contributed by atoms with Gasteiger partial charge in [-0.2, -0.15) is 0 Å². The summed E-state index contributed by atoms with van der Waals surface area (Å²) < 4.78 is 10.5. The highest BCUT2D eigenvalue weighted by atomic mass is 16.6. The highest BCUT2D eigenvalue weighted by Crippen LogP contribution is 2.57. The van der Waals surface area contributed by atoms with Crippen LogP contribution in [0.4, 0.5) is 5.69 Å². The van der Waals surface area contributed by atoms with Crippen LogP contribution in [0.2, 0.25) is 0 Å². The molecule has 6 heteroatoms. The summed E-state index contributed by atoms with van der Waals surface area (Å²) in [7, 11) is 0. The van der Waals surface area contributed by atoms with Gasteiger partial charge in [-0.1, -0.05) is 0 Å². The summed E-state index contributed by atoms with van der Waals surface area (Å²) in [4.78, 5) is 36.6. The second kappa shape index (κ2) is 5.86. The van der Waals surface area contributed by atoms with E-state index < -0.39 is 0 Å². The van der Waals surface area contributed by atoms with E-state index in [1.807, 2.05) is 0 Å². The Kier molecular flexibility index (Phi) is 3.78. The molecule has 2 bridgehead atoms. The first-order valence-corrected chi connectivity index (χ1v) is 8.76. The van der Waals surface area contributed by atoms with Crippen LogP contribution < -0.4 is 5.32 Å². The minimum atomic E-state index is -0.388. The number of nitrogens with one attached hydrogen (secondary N) is 1. The maximum atomic E-state index is 12.7. The Hall–Kier alpha value is -2.37. The molecule has 3 fully saturated rings. The number of esters is 2. The van der Waals surface area contributed by atoms with Gasteiger partial charge in [0.1, 0.15) is 6.10 Å². The number of benzene rings is 1. The van der Waals surface area contributed by atoms with Gasteiger partial charge in [0.05, 0.1) is 23.5 Å². The van der Waals surface area contributed by atoms with E-state index in [1.54, 1.807) is 38.1 Å². The zero-order chi connectivity index (χ0) is 17.7. The van der Waals surface area contributed by atoms with Gasteiger partial charge in [0, 0.05) is 11.6 Å². The summed E-state index contributed by atoms with van der Waals surface area (Å²) in [6.07, 6.45) is 1.54. The highest BCUT2D eigenvalue weighted by molar-refractivity contribution is 5.97. The van der Waals surface area contributed by atoms with Crippen molar-refractivity contribution in [3.63, 3.8) is 0 Å². The number of hydrogen-bond donors (Lipinski definition) is 1. The summed E-state index contributed by atoms with van der Waals surface area (Å²) in [6.45, 7) is 3.58. The second-order valence-corrected chi connectivity index (χ2v) is 7.44. The second-order valence-electron chi connectivity index (χ2n) is 7.44. The van der Waals surface area contributed by atoms with E-state index in [-0.39, 0.29) is 53.7 Å². The molecule has 1 aromatic rings. The van der Waals surface area contributed by atoms with Crippen LogP contribution in [-0.2, 0) is 19.1 Å². The van der Waals surface area contributed by atoms with Crippen molar-refractivity contribution in [3.8, 4) is 0 Å². The number of fused-ring (bicyclic) bond motifs is 1. The molecule has 6 nitrogen and oxygen atoms in total. The SMILES string of the molecule is CC(C)OC(=O)c1ccc(NC(=O)[C@@H]2[C@@H]3C[C@@H]4[C@H]2C(=O)O[C@H]4C3)cc1. The van der Waals surface area contributed by atoms with Crippen molar-refractivity contribution in [2.75, 3.05) is 5.32 Å². The Bertz CT molecular complexity index is 724. The molecule has 0 unspecified atom stereocenters. The Balaban J connectivity index is 1.43. The van der Waals surface area contributed by atoms with E-state index in [0.29, 0.717) is 11.3 Å². The molecule has 2 aliphatic carbocycles. The molecule has 1 heterocycles. The van der Waals surface area contributed by atoms with E-state index in [4.69, 9.17) is 9.47 Å². The molecule has 4 rings (SSSR count). The molecule has 1 aromatic carbocycles. The summed E-state index contributed by atoms with van der Waals surface area (Å²) in [6, 6.07) is 6.61. The summed E-state index contributed by atoms with van der Waals surface area (Å²) >= 11 is 0. The molecule has 1 N–H and O–H groups in total. The fourth-order valence-electron chi connectivity index (χ4n) is 4.56. The van der Waals surface area contributed by atoms with Gasteiger partial charge in [0.15, 0.2) is 0 Å². The molecule has 1 amide bonds. The van der Waals surface area contributed by atoms with Crippen molar-refractivity contribution in [3.05, 3.63) is 29.8 Å². The Morgan fingerprint density at radius 1 is 1.20 bits per heavy atom. The lowest BCUT2D eigenvalue weighted by Crippen LogP contribution is -2.35. The average molecular weight is 343 g/mol. The molecular formula is C19H21NO5. The summed E-state index contributed by atoms with van der Waals surface area (Å²) in [5.41, 5.74) is 1.05. The summed E-state index contributed by atoms with van der Waals surface area (Å²) in [5.74, 6) is -0.894. The van der Waals surface area contributed by atoms with Crippen LogP contribution in [0, 0.1) is 23.7 Å². The van der Waals surface area contributed by atoms with Gasteiger partial charge in [-0.05, 0) is 56.9 Å². The standard InChI is InChI=1S/C19H21NO5/c1-9(2)24-18(22)10-3-5-12(6-4-10)20-17(21)15-11-7-13-14(8-11)25-19(23)16(13)15/h3-6,9,11,13-16H,7-8H2,1-2H3,(H,20,21)/t11-,13+,14+,15-,16-/m1/s1. The van der Waals surface area contributed by atoms with Crippen LogP contribution in [0.5, 0.6) is 0 Å². The van der Waals surface area contributed by atoms with E-state index in [1.165, 1.54) is 0 Å². The smallest absolute Gasteiger partial charge is 0.338 e. The number of carbonyl (C=O) groups is 3. The number of ether oxygens (including phenoxy) is 2. The van der Waals surface area contributed by atoms with Gasteiger partial charge in [0.2, 0.25) is 5.91 Å². The highest BCUT2D eigenvalue weighted by Gasteiger charge is 2.63. The van der Waals surface area contributed by atoms with E-state index in [9.17, 15) is 14.4 Å². The Morgan fingerprint density at radius 3 is 2.60 bits per heavy atom. The monoisotopic (exact) mass is 343 g/mol. The molecule has 5 atom stereocenters. The normalized spacial score (nSPS) is 32.0. The van der Waals surface area contributed by atoms with Gasteiger partial charge < -0.3 is 14.8 Å². The fraction of sp³-hybridized carbons (Fsp3) is 0.526. The topological polar surface area (TPSA) is 81.7 Å². The number of carbonyl (C=O) groups excluding carboxylic acids is 3. The van der Waals surface area contributed by atoms with Crippen molar-refractivity contribution in [1.29, 1.82) is 0 Å². The molecule has 132 valence electrons. The Labute approximate surface area is 145 Å². The van der Waals surface area contributed by atoms with E-state index in [0.717, 1.165) is 12.8 Å². The van der Waals surface area contributed by atoms with Crippen LogP contribution in [0.3, 0.4) is 0 Å². The van der Waals surface area contributed by atoms with Gasteiger partial charge in [-0.25, -0.2) is 4.79 Å². The third kappa shape index (κ3) is 2.69. The molecule has 0 radical (unpaired) electrons. The van der Waals surface area contributed by atoms with Crippen LogP contribution in [0.15, 0.2) is 24.3 Å². The molecule has 2 saturated carbocycles. The lowest BCUT2D eigenvalue weighted by molar-refractivity contribution is -0.145. The first kappa shape index (κ1) is 16.1. The number of rotatable bonds is 4. The van der Waals surface area contributed by atoms with E-state index in [2.05, 4.69) is 5.32 Å². The third-order valence-electron chi connectivity index (χ3n) is 5.52. The van der Waals surface area contributed by atoms with Crippen LogP contribution >= 0.6 is 0 Å². The first-order valence-electron chi connectivity index (χ1n) is 8.76. The lowest BCUT2D eigenvalue weighted by atomic mass is 9.79. The van der Waals surface area contributed by atoms with Crippen LogP contribution in [-0.4, -0.2) is 30.1 Å². The van der Waals surface area contributed by atoms with Crippen molar-refractivity contribution >= 4 is 23.5 Å². The van der Waals surface area contributed by atoms with Crippen molar-refractivity contribution < 1.29 is 23.9 Å². The van der Waals surface area contributed by atoms with Crippen molar-refractivity contribution in [1.82, 2.24) is 0 Å². The third-order valence-corrected chi connectivity index (χ3v) is 5.52. The first-order chi connectivity index (χ1) is 11.9. The van der Waals surface area contributed by atoms with Gasteiger partial charge in [0.25, 0.3) is 0 Å². The molecule has 0 aromatic heterocycles. The fourth-order valence-corrected chi connectivity index (χ4v) is 4.56. The quantitative estimate of drug-likeness (QED) is 0.849. The lowest BCUT2D eigenvalue weighted by Gasteiger charge is -2.23. The van der Waals surface area contributed by atoms with Gasteiger partial charge in [-0.3, -0.25) is 9.59 Å².